The van der Waals surface area contributed by atoms with E-state index in [0.29, 0.717) is 30.8 Å². The van der Waals surface area contributed by atoms with Crippen LogP contribution in [0.2, 0.25) is 0 Å². The number of carbonyl (C=O) groups is 2. The average Bonchev–Trinajstić information content (AvgIpc) is 2.54. The summed E-state index contributed by atoms with van der Waals surface area (Å²) in [4.78, 5) is 30.1. The Morgan fingerprint density at radius 2 is 2.29 bits per heavy atom. The Labute approximate surface area is 124 Å². The topological polar surface area (TPSA) is 71.5 Å². The number of rotatable bonds is 4. The van der Waals surface area contributed by atoms with Crippen LogP contribution in [0.5, 0.6) is 5.75 Å². The van der Waals surface area contributed by atoms with Gasteiger partial charge in [0.1, 0.15) is 17.5 Å². The molecule has 114 valence electrons. The molecule has 2 rings (SSSR count). The van der Waals surface area contributed by atoms with Gasteiger partial charge in [-0.15, -0.1) is 0 Å². The Bertz CT molecular complexity index is 519. The molecule has 0 aliphatic carbocycles. The van der Waals surface area contributed by atoms with Crippen LogP contribution >= 0.6 is 0 Å². The molecule has 1 fully saturated rings. The fraction of sp³-hybridized carbons (Fsp3) is 0.533. The highest BCUT2D eigenvalue weighted by Gasteiger charge is 2.31. The number of carbonyl (C=O) groups excluding carboxylic acids is 2. The lowest BCUT2D eigenvalue weighted by Gasteiger charge is -2.34. The van der Waals surface area contributed by atoms with Crippen molar-refractivity contribution in [2.24, 2.45) is 0 Å². The molecule has 6 heteroatoms. The number of nitrogens with one attached hydrogen (secondary N) is 1. The number of methoxy groups -OCH3 is 1. The van der Waals surface area contributed by atoms with Crippen molar-refractivity contribution in [2.45, 2.75) is 38.6 Å². The summed E-state index contributed by atoms with van der Waals surface area (Å²) < 4.78 is 5.19. The van der Waals surface area contributed by atoms with Crippen LogP contribution < -0.4 is 10.1 Å². The molecule has 1 atom stereocenters. The second-order valence-corrected chi connectivity index (χ2v) is 5.02. The number of pyridine rings is 1. The summed E-state index contributed by atoms with van der Waals surface area (Å²) in [5.74, 6) is 0.401. The predicted molar refractivity (Wildman–Crippen MR) is 79.1 cm³/mol. The third-order valence-corrected chi connectivity index (χ3v) is 3.69. The Kier molecular flexibility index (Phi) is 5.14. The average molecular weight is 291 g/mol. The van der Waals surface area contributed by atoms with Crippen LogP contribution in [0.15, 0.2) is 18.5 Å². The van der Waals surface area contributed by atoms with E-state index in [1.165, 1.54) is 0 Å². The molecule has 6 nitrogen and oxygen atoms in total. The fourth-order valence-corrected chi connectivity index (χ4v) is 2.58. The number of amides is 2. The van der Waals surface area contributed by atoms with Crippen molar-refractivity contribution in [3.8, 4) is 5.75 Å². The second-order valence-electron chi connectivity index (χ2n) is 5.02. The molecular formula is C15H21N3O3. The van der Waals surface area contributed by atoms with E-state index in [1.54, 1.807) is 30.5 Å². The van der Waals surface area contributed by atoms with Crippen molar-refractivity contribution >= 4 is 17.5 Å². The minimum atomic E-state index is -0.406. The highest BCUT2D eigenvalue weighted by Crippen LogP contribution is 2.24. The normalized spacial score (nSPS) is 18.2. The van der Waals surface area contributed by atoms with Gasteiger partial charge in [0.2, 0.25) is 11.8 Å². The van der Waals surface area contributed by atoms with E-state index >= 15 is 0 Å². The van der Waals surface area contributed by atoms with E-state index in [4.69, 9.17) is 4.74 Å². The molecule has 2 heterocycles. The van der Waals surface area contributed by atoms with E-state index < -0.39 is 6.04 Å². The van der Waals surface area contributed by atoms with Crippen molar-refractivity contribution in [1.29, 1.82) is 0 Å². The zero-order chi connectivity index (χ0) is 15.2. The van der Waals surface area contributed by atoms with Gasteiger partial charge in [0, 0.05) is 25.2 Å². The molecule has 1 unspecified atom stereocenters. The van der Waals surface area contributed by atoms with Crippen LogP contribution in [0.1, 0.15) is 32.6 Å². The zero-order valence-electron chi connectivity index (χ0n) is 12.5. The number of anilines is 1. The number of ether oxygens (including phenoxy) is 1. The van der Waals surface area contributed by atoms with E-state index in [0.717, 1.165) is 12.8 Å². The molecular weight excluding hydrogens is 270 g/mol. The van der Waals surface area contributed by atoms with Crippen LogP contribution in [0.4, 0.5) is 5.69 Å². The van der Waals surface area contributed by atoms with Crippen molar-refractivity contribution in [3.05, 3.63) is 18.5 Å². The fourth-order valence-electron chi connectivity index (χ4n) is 2.58. The number of nitrogens with zero attached hydrogens (tertiary/aromatic N) is 2. The van der Waals surface area contributed by atoms with Gasteiger partial charge in [-0.3, -0.25) is 14.6 Å². The quantitative estimate of drug-likeness (QED) is 0.918. The lowest BCUT2D eigenvalue weighted by atomic mass is 10.0. The van der Waals surface area contributed by atoms with Gasteiger partial charge in [-0.2, -0.15) is 0 Å². The first-order chi connectivity index (χ1) is 10.2. The summed E-state index contributed by atoms with van der Waals surface area (Å²) in [6, 6.07) is 1.28. The standard InChI is InChI=1S/C15H21N3O3/c1-3-14(19)18-9-5-4-6-12(18)15(20)17-11-10-16-8-7-13(11)21-2/h7-8,10,12H,3-6,9H2,1-2H3,(H,17,20). The summed E-state index contributed by atoms with van der Waals surface area (Å²) in [5.41, 5.74) is 0.527. The van der Waals surface area contributed by atoms with Gasteiger partial charge in [0.15, 0.2) is 0 Å². The van der Waals surface area contributed by atoms with Crippen LogP contribution in [0, 0.1) is 0 Å². The monoisotopic (exact) mass is 291 g/mol. The molecule has 1 aliphatic rings. The first-order valence-electron chi connectivity index (χ1n) is 7.25. The number of hydrogen-bond acceptors (Lipinski definition) is 4. The maximum atomic E-state index is 12.5. The van der Waals surface area contributed by atoms with E-state index in [1.807, 2.05) is 6.92 Å². The summed E-state index contributed by atoms with van der Waals surface area (Å²) in [6.07, 6.45) is 6.16. The summed E-state index contributed by atoms with van der Waals surface area (Å²) >= 11 is 0. The number of aromatic nitrogens is 1. The minimum Gasteiger partial charge on any atom is -0.494 e. The Balaban J connectivity index is 2.12. The zero-order valence-corrected chi connectivity index (χ0v) is 12.5. The molecule has 1 aromatic rings. The van der Waals surface area contributed by atoms with Crippen molar-refractivity contribution in [3.63, 3.8) is 0 Å². The number of hydrogen-bond donors (Lipinski definition) is 1. The number of piperidine rings is 1. The smallest absolute Gasteiger partial charge is 0.247 e. The van der Waals surface area contributed by atoms with E-state index in [-0.39, 0.29) is 11.8 Å². The molecule has 0 saturated carbocycles. The highest BCUT2D eigenvalue weighted by atomic mass is 16.5. The lowest BCUT2D eigenvalue weighted by molar-refractivity contribution is -0.140. The first-order valence-corrected chi connectivity index (χ1v) is 7.25. The molecule has 0 radical (unpaired) electrons. The van der Waals surface area contributed by atoms with E-state index in [2.05, 4.69) is 10.3 Å². The second kappa shape index (κ2) is 7.06. The molecule has 0 spiro atoms. The van der Waals surface area contributed by atoms with Crippen molar-refractivity contribution in [1.82, 2.24) is 9.88 Å². The van der Waals surface area contributed by atoms with Crippen LogP contribution in [0.3, 0.4) is 0 Å². The molecule has 0 bridgehead atoms. The Morgan fingerprint density at radius 1 is 1.48 bits per heavy atom. The Hall–Kier alpha value is -2.11. The third kappa shape index (κ3) is 3.51. The van der Waals surface area contributed by atoms with Crippen molar-refractivity contribution < 1.29 is 14.3 Å². The molecule has 21 heavy (non-hydrogen) atoms. The third-order valence-electron chi connectivity index (χ3n) is 3.69. The molecule has 1 N–H and O–H groups in total. The number of likely N-dealkylation sites (tertiary alicyclic amines) is 1. The highest BCUT2D eigenvalue weighted by molar-refractivity contribution is 5.98. The SMILES string of the molecule is CCC(=O)N1CCCCC1C(=O)Nc1cnccc1OC. The van der Waals surface area contributed by atoms with Gasteiger partial charge in [0.05, 0.1) is 13.3 Å². The van der Waals surface area contributed by atoms with Crippen molar-refractivity contribution in [2.75, 3.05) is 19.0 Å². The van der Waals surface area contributed by atoms with Crippen LogP contribution in [-0.4, -0.2) is 41.4 Å². The largest absolute Gasteiger partial charge is 0.494 e. The molecule has 1 aliphatic heterocycles. The summed E-state index contributed by atoms with van der Waals surface area (Å²) in [7, 11) is 1.54. The molecule has 2 amide bonds. The maximum absolute atomic E-state index is 12.5. The predicted octanol–water partition coefficient (Wildman–Crippen LogP) is 1.82. The van der Waals surface area contributed by atoms with E-state index in [9.17, 15) is 9.59 Å². The molecule has 1 saturated heterocycles. The van der Waals surface area contributed by atoms with Crippen LogP contribution in [0.25, 0.3) is 0 Å². The minimum absolute atomic E-state index is 0.0213. The van der Waals surface area contributed by atoms with Gasteiger partial charge < -0.3 is 15.0 Å². The lowest BCUT2D eigenvalue weighted by Crippen LogP contribution is -2.49. The molecule has 0 aromatic carbocycles. The maximum Gasteiger partial charge on any atom is 0.247 e. The van der Waals surface area contributed by atoms with Crippen LogP contribution in [-0.2, 0) is 9.59 Å². The first kappa shape index (κ1) is 15.3. The van der Waals surface area contributed by atoms with Gasteiger partial charge in [-0.05, 0) is 19.3 Å². The molecule has 1 aromatic heterocycles. The summed E-state index contributed by atoms with van der Waals surface area (Å²) in [5, 5.41) is 2.82. The van der Waals surface area contributed by atoms with Gasteiger partial charge in [0.25, 0.3) is 0 Å². The Morgan fingerprint density at radius 3 is 3.00 bits per heavy atom. The van der Waals surface area contributed by atoms with Gasteiger partial charge in [-0.25, -0.2) is 0 Å². The summed E-state index contributed by atoms with van der Waals surface area (Å²) in [6.45, 7) is 2.46. The van der Waals surface area contributed by atoms with Gasteiger partial charge >= 0.3 is 0 Å². The van der Waals surface area contributed by atoms with Gasteiger partial charge in [-0.1, -0.05) is 6.92 Å².